The van der Waals surface area contributed by atoms with Gasteiger partial charge in [0.05, 0.1) is 23.4 Å². The summed E-state index contributed by atoms with van der Waals surface area (Å²) >= 11 is 0. The van der Waals surface area contributed by atoms with Crippen molar-refractivity contribution in [1.29, 1.82) is 0 Å². The Kier molecular flexibility index (Phi) is 4.97. The molecule has 1 amide bonds. The van der Waals surface area contributed by atoms with Crippen LogP contribution in [0.2, 0.25) is 0 Å². The Balaban J connectivity index is 1.84. The second-order valence-electron chi connectivity index (χ2n) is 7.06. The van der Waals surface area contributed by atoms with Crippen LogP contribution < -0.4 is 0 Å². The predicted octanol–water partition coefficient (Wildman–Crippen LogP) is 2.17. The minimum Gasteiger partial charge on any atom is -0.381 e. The van der Waals surface area contributed by atoms with Gasteiger partial charge in [-0.15, -0.1) is 0 Å². The van der Waals surface area contributed by atoms with Gasteiger partial charge in [-0.25, -0.2) is 0 Å². The number of hydrogen-bond acceptors (Lipinski definition) is 4. The molecular formula is C18H29N3O3. The van der Waals surface area contributed by atoms with Crippen LogP contribution in [0.5, 0.6) is 0 Å². The average Bonchev–Trinajstić information content (AvgIpc) is 3.15. The van der Waals surface area contributed by atoms with Crippen LogP contribution in [0.1, 0.15) is 55.2 Å². The molecule has 0 spiro atoms. The number of rotatable bonds is 5. The Bertz CT molecular complexity index is 600. The number of amides is 1. The van der Waals surface area contributed by atoms with Gasteiger partial charge in [-0.2, -0.15) is 5.10 Å². The van der Waals surface area contributed by atoms with Crippen LogP contribution in [-0.4, -0.2) is 59.1 Å². The first-order chi connectivity index (χ1) is 11.5. The van der Waals surface area contributed by atoms with Gasteiger partial charge in [0.2, 0.25) is 0 Å². The molecule has 2 aliphatic rings. The van der Waals surface area contributed by atoms with Crippen molar-refractivity contribution >= 4 is 5.91 Å². The third-order valence-corrected chi connectivity index (χ3v) is 5.79. The van der Waals surface area contributed by atoms with Gasteiger partial charge in [-0.3, -0.25) is 9.48 Å². The van der Waals surface area contributed by atoms with E-state index in [1.165, 1.54) is 0 Å². The Hall–Kier alpha value is -1.40. The quantitative estimate of drug-likeness (QED) is 0.827. The van der Waals surface area contributed by atoms with E-state index in [1.54, 1.807) is 18.9 Å². The molecule has 1 aliphatic carbocycles. The van der Waals surface area contributed by atoms with Gasteiger partial charge in [0.25, 0.3) is 5.91 Å². The summed E-state index contributed by atoms with van der Waals surface area (Å²) in [6, 6.07) is 2.02. The first-order valence-electron chi connectivity index (χ1n) is 8.96. The van der Waals surface area contributed by atoms with E-state index in [9.17, 15) is 4.79 Å². The summed E-state index contributed by atoms with van der Waals surface area (Å²) in [5.74, 6) is 0.0630. The second kappa shape index (κ2) is 6.84. The molecule has 0 unspecified atom stereocenters. The normalized spacial score (nSPS) is 29.8. The molecule has 2 heterocycles. The van der Waals surface area contributed by atoms with Gasteiger partial charge in [-0.1, -0.05) is 13.3 Å². The number of fused-ring (bicyclic) bond motifs is 1. The van der Waals surface area contributed by atoms with Crippen LogP contribution in [0, 0.1) is 0 Å². The minimum atomic E-state index is -0.213. The monoisotopic (exact) mass is 335 g/mol. The molecule has 6 nitrogen and oxygen atoms in total. The predicted molar refractivity (Wildman–Crippen MR) is 91.0 cm³/mol. The Labute approximate surface area is 144 Å². The lowest BCUT2D eigenvalue weighted by Crippen LogP contribution is -2.53. The van der Waals surface area contributed by atoms with Gasteiger partial charge in [0, 0.05) is 27.8 Å². The molecule has 3 rings (SSSR count). The number of aryl methyl sites for hydroxylation is 2. The maximum absolute atomic E-state index is 13.2. The molecule has 3 atom stereocenters. The number of hydrogen-bond donors (Lipinski definition) is 0. The third kappa shape index (κ3) is 2.86. The fraction of sp³-hybridized carbons (Fsp3) is 0.778. The molecule has 134 valence electrons. The molecule has 0 N–H and O–H groups in total. The zero-order chi connectivity index (χ0) is 17.3. The summed E-state index contributed by atoms with van der Waals surface area (Å²) in [7, 11) is 5.38. The van der Waals surface area contributed by atoms with Gasteiger partial charge in [-0.05, 0) is 38.2 Å². The largest absolute Gasteiger partial charge is 0.381 e. The van der Waals surface area contributed by atoms with Crippen LogP contribution in [0.3, 0.4) is 0 Å². The number of ether oxygens (including phenoxy) is 2. The molecule has 2 fully saturated rings. The summed E-state index contributed by atoms with van der Waals surface area (Å²) in [6.07, 6.45) is 5.82. The summed E-state index contributed by atoms with van der Waals surface area (Å²) < 4.78 is 13.2. The highest BCUT2D eigenvalue weighted by atomic mass is 16.5. The summed E-state index contributed by atoms with van der Waals surface area (Å²) in [5.41, 5.74) is 1.44. The van der Waals surface area contributed by atoms with E-state index in [1.807, 2.05) is 18.0 Å². The average molecular weight is 335 g/mol. The van der Waals surface area contributed by atoms with E-state index in [0.29, 0.717) is 5.69 Å². The van der Waals surface area contributed by atoms with Crippen molar-refractivity contribution in [2.75, 3.05) is 20.8 Å². The fourth-order valence-corrected chi connectivity index (χ4v) is 4.37. The molecule has 6 heteroatoms. The third-order valence-electron chi connectivity index (χ3n) is 5.79. The van der Waals surface area contributed by atoms with E-state index < -0.39 is 0 Å². The smallest absolute Gasteiger partial charge is 0.272 e. The molecule has 1 saturated heterocycles. The number of likely N-dealkylation sites (tertiary alicyclic amines) is 1. The topological polar surface area (TPSA) is 56.6 Å². The van der Waals surface area contributed by atoms with E-state index in [0.717, 1.165) is 50.8 Å². The highest BCUT2D eigenvalue weighted by molar-refractivity contribution is 5.93. The number of methoxy groups -OCH3 is 2. The van der Waals surface area contributed by atoms with Crippen LogP contribution >= 0.6 is 0 Å². The van der Waals surface area contributed by atoms with Crippen LogP contribution in [0.25, 0.3) is 0 Å². The SMILES string of the molecule is CCCc1cc(C(=O)N2CC[C@]3(OC)CC[C@H](OC)C[C@H]23)n(C)n1. The Morgan fingerprint density at radius 3 is 2.88 bits per heavy atom. The van der Waals surface area contributed by atoms with Crippen molar-refractivity contribution in [1.82, 2.24) is 14.7 Å². The van der Waals surface area contributed by atoms with Gasteiger partial charge < -0.3 is 14.4 Å². The van der Waals surface area contributed by atoms with Crippen LogP contribution in [0.4, 0.5) is 0 Å². The number of nitrogens with zero attached hydrogens (tertiary/aromatic N) is 3. The Morgan fingerprint density at radius 2 is 2.21 bits per heavy atom. The second-order valence-corrected chi connectivity index (χ2v) is 7.06. The number of carbonyl (C=O) groups is 1. The molecule has 1 saturated carbocycles. The highest BCUT2D eigenvalue weighted by Gasteiger charge is 2.53. The standard InChI is InChI=1S/C18H29N3O3/c1-5-6-13-11-15(20(2)19-13)17(22)21-10-9-18(24-4)8-7-14(23-3)12-16(18)21/h11,14,16H,5-10,12H2,1-4H3/t14-,16-,18+/m0/s1. The number of aromatic nitrogens is 2. The molecule has 0 radical (unpaired) electrons. The molecule has 0 bridgehead atoms. The lowest BCUT2D eigenvalue weighted by atomic mass is 9.79. The van der Waals surface area contributed by atoms with Crippen molar-refractivity contribution in [3.63, 3.8) is 0 Å². The minimum absolute atomic E-state index is 0.0630. The molecular weight excluding hydrogens is 306 g/mol. The van der Waals surface area contributed by atoms with Crippen LogP contribution in [0.15, 0.2) is 6.07 Å². The zero-order valence-electron chi connectivity index (χ0n) is 15.2. The van der Waals surface area contributed by atoms with Crippen molar-refractivity contribution in [3.05, 3.63) is 17.5 Å². The summed E-state index contributed by atoms with van der Waals surface area (Å²) in [5, 5.41) is 4.48. The Morgan fingerprint density at radius 1 is 1.42 bits per heavy atom. The highest BCUT2D eigenvalue weighted by Crippen LogP contribution is 2.43. The first-order valence-corrected chi connectivity index (χ1v) is 8.96. The molecule has 0 aromatic carbocycles. The maximum atomic E-state index is 13.2. The van der Waals surface area contributed by atoms with Crippen LogP contribution in [-0.2, 0) is 22.9 Å². The molecule has 1 aliphatic heterocycles. The van der Waals surface area contributed by atoms with E-state index in [-0.39, 0.29) is 23.7 Å². The van der Waals surface area contributed by atoms with Crippen molar-refractivity contribution < 1.29 is 14.3 Å². The zero-order valence-corrected chi connectivity index (χ0v) is 15.2. The van der Waals surface area contributed by atoms with Crippen molar-refractivity contribution in [3.8, 4) is 0 Å². The molecule has 24 heavy (non-hydrogen) atoms. The van der Waals surface area contributed by atoms with E-state index >= 15 is 0 Å². The molecule has 1 aromatic rings. The van der Waals surface area contributed by atoms with Gasteiger partial charge in [0.1, 0.15) is 5.69 Å². The summed E-state index contributed by atoms with van der Waals surface area (Å²) in [6.45, 7) is 2.86. The molecule has 1 aromatic heterocycles. The van der Waals surface area contributed by atoms with Gasteiger partial charge >= 0.3 is 0 Å². The number of carbonyl (C=O) groups excluding carboxylic acids is 1. The van der Waals surface area contributed by atoms with E-state index in [2.05, 4.69) is 12.0 Å². The fourth-order valence-electron chi connectivity index (χ4n) is 4.37. The lowest BCUT2D eigenvalue weighted by molar-refractivity contribution is -0.0894. The van der Waals surface area contributed by atoms with Crippen molar-refractivity contribution in [2.24, 2.45) is 7.05 Å². The van der Waals surface area contributed by atoms with Gasteiger partial charge in [0.15, 0.2) is 0 Å². The summed E-state index contributed by atoms with van der Waals surface area (Å²) in [4.78, 5) is 15.1. The maximum Gasteiger partial charge on any atom is 0.272 e. The first kappa shape index (κ1) is 17.4. The van der Waals surface area contributed by atoms with Crippen molar-refractivity contribution in [2.45, 2.75) is 63.2 Å². The lowest BCUT2D eigenvalue weighted by Gasteiger charge is -2.43. The van der Waals surface area contributed by atoms with E-state index in [4.69, 9.17) is 9.47 Å².